The van der Waals surface area contributed by atoms with Crippen molar-refractivity contribution >= 4 is 18.0 Å². The number of hydrogen-bond donors (Lipinski definition) is 0. The van der Waals surface area contributed by atoms with Gasteiger partial charge in [-0.15, -0.1) is 11.8 Å². The zero-order chi connectivity index (χ0) is 13.9. The van der Waals surface area contributed by atoms with Gasteiger partial charge in [0.25, 0.3) is 0 Å². The van der Waals surface area contributed by atoms with Crippen molar-refractivity contribution in [3.8, 4) is 0 Å². The van der Waals surface area contributed by atoms with E-state index in [4.69, 9.17) is 18.9 Å². The predicted octanol–water partition coefficient (Wildman–Crippen LogP) is 1.55. The molecule has 0 N–H and O–H groups in total. The normalized spacial score (nSPS) is 26.7. The van der Waals surface area contributed by atoms with Crippen LogP contribution in [0.5, 0.6) is 0 Å². The van der Waals surface area contributed by atoms with Gasteiger partial charge in [0.1, 0.15) is 13.1 Å². The van der Waals surface area contributed by atoms with E-state index in [1.54, 1.807) is 18.9 Å². The van der Waals surface area contributed by atoms with Crippen molar-refractivity contribution in [3.63, 3.8) is 0 Å². The molecule has 3 atom stereocenters. The molecular weight excluding hydrogens is 268 g/mol. The molecule has 0 saturated heterocycles. The smallest absolute Gasteiger partial charge is 0.147 e. The Bertz CT molecular complexity index is 239. The van der Waals surface area contributed by atoms with Gasteiger partial charge in [-0.2, -0.15) is 0 Å². The third kappa shape index (κ3) is 6.72. The van der Waals surface area contributed by atoms with Crippen molar-refractivity contribution in [1.29, 1.82) is 0 Å². The minimum absolute atomic E-state index is 0.0471. The van der Waals surface area contributed by atoms with Gasteiger partial charge in [-0.3, -0.25) is 0 Å². The predicted molar refractivity (Wildman–Crippen MR) is 74.2 cm³/mol. The molecule has 19 heavy (non-hydrogen) atoms. The number of methoxy groups -OCH3 is 1. The molecule has 1 saturated carbocycles. The molecule has 0 heterocycles. The number of carbonyl (C=O) groups excluding carboxylic acids is 1. The van der Waals surface area contributed by atoms with E-state index in [-0.39, 0.29) is 24.7 Å². The summed E-state index contributed by atoms with van der Waals surface area (Å²) in [7, 11) is 1.63. The van der Waals surface area contributed by atoms with Crippen molar-refractivity contribution in [2.24, 2.45) is 11.8 Å². The van der Waals surface area contributed by atoms with E-state index in [2.05, 4.69) is 0 Å². The first kappa shape index (κ1) is 16.9. The van der Waals surface area contributed by atoms with Crippen molar-refractivity contribution in [3.05, 3.63) is 0 Å². The van der Waals surface area contributed by atoms with E-state index in [0.29, 0.717) is 25.8 Å². The molecule has 0 aromatic rings. The van der Waals surface area contributed by atoms with Crippen LogP contribution in [0.25, 0.3) is 0 Å². The monoisotopic (exact) mass is 292 g/mol. The van der Waals surface area contributed by atoms with Gasteiger partial charge in [-0.25, -0.2) is 0 Å². The number of carbonyl (C=O) groups is 1. The minimum atomic E-state index is 0.0471. The molecule has 0 aromatic heterocycles. The highest BCUT2D eigenvalue weighted by Crippen LogP contribution is 2.33. The van der Waals surface area contributed by atoms with Crippen LogP contribution in [0.3, 0.4) is 0 Å². The Morgan fingerprint density at radius 2 is 2.11 bits per heavy atom. The zero-order valence-corrected chi connectivity index (χ0v) is 12.5. The number of hydrogen-bond acceptors (Lipinski definition) is 6. The lowest BCUT2D eigenvalue weighted by Gasteiger charge is -2.13. The minimum Gasteiger partial charge on any atom is -0.382 e. The van der Waals surface area contributed by atoms with Crippen LogP contribution >= 0.6 is 11.8 Å². The highest BCUT2D eigenvalue weighted by atomic mass is 32.2. The number of ether oxygens (including phenoxy) is 4. The van der Waals surface area contributed by atoms with E-state index >= 15 is 0 Å². The molecule has 1 aliphatic rings. The van der Waals surface area contributed by atoms with Crippen molar-refractivity contribution in [1.82, 2.24) is 0 Å². The van der Waals surface area contributed by atoms with Crippen LogP contribution in [0, 0.1) is 11.8 Å². The maximum Gasteiger partial charge on any atom is 0.147 e. The lowest BCUT2D eigenvalue weighted by atomic mass is 9.99. The van der Waals surface area contributed by atoms with Crippen LogP contribution in [0.2, 0.25) is 0 Å². The Hall–Kier alpha value is -0.140. The van der Waals surface area contributed by atoms with Crippen LogP contribution in [0.1, 0.15) is 12.8 Å². The summed E-state index contributed by atoms with van der Waals surface area (Å²) >= 11 is 1.64. The van der Waals surface area contributed by atoms with Crippen LogP contribution in [0.15, 0.2) is 0 Å². The van der Waals surface area contributed by atoms with Gasteiger partial charge in [-0.1, -0.05) is 0 Å². The van der Waals surface area contributed by atoms with E-state index in [9.17, 15) is 4.79 Å². The van der Waals surface area contributed by atoms with Crippen molar-refractivity contribution in [2.75, 3.05) is 45.9 Å². The Labute approximate surface area is 119 Å². The Balaban J connectivity index is 2.17. The van der Waals surface area contributed by atoms with Gasteiger partial charge >= 0.3 is 0 Å². The largest absolute Gasteiger partial charge is 0.382 e. The van der Waals surface area contributed by atoms with Crippen molar-refractivity contribution < 1.29 is 23.7 Å². The summed E-state index contributed by atoms with van der Waals surface area (Å²) in [6, 6.07) is 0. The molecule has 1 aliphatic carbocycles. The summed E-state index contributed by atoms with van der Waals surface area (Å²) < 4.78 is 21.3. The Kier molecular flexibility index (Phi) is 9.46. The van der Waals surface area contributed by atoms with Gasteiger partial charge in [-0.05, 0) is 25.0 Å². The van der Waals surface area contributed by atoms with Crippen LogP contribution in [-0.4, -0.2) is 58.3 Å². The third-order valence-electron chi connectivity index (χ3n) is 3.23. The molecule has 0 aromatic carbocycles. The topological polar surface area (TPSA) is 54.0 Å². The second kappa shape index (κ2) is 10.6. The molecular formula is C13H24O5S. The van der Waals surface area contributed by atoms with Crippen LogP contribution in [0.4, 0.5) is 0 Å². The summed E-state index contributed by atoms with van der Waals surface area (Å²) in [5.74, 6) is 0.993. The van der Waals surface area contributed by atoms with Gasteiger partial charge in [0.2, 0.25) is 0 Å². The summed E-state index contributed by atoms with van der Waals surface area (Å²) in [6.45, 7) is 1.99. The van der Waals surface area contributed by atoms with Crippen LogP contribution in [-0.2, 0) is 23.7 Å². The Morgan fingerprint density at radius 1 is 1.26 bits per heavy atom. The molecule has 0 spiro atoms. The highest BCUT2D eigenvalue weighted by Gasteiger charge is 2.34. The first-order valence-electron chi connectivity index (χ1n) is 6.52. The summed E-state index contributed by atoms with van der Waals surface area (Å²) in [4.78, 5) is 11.0. The van der Waals surface area contributed by atoms with E-state index < -0.39 is 0 Å². The third-order valence-corrected chi connectivity index (χ3v) is 3.64. The average molecular weight is 292 g/mol. The van der Waals surface area contributed by atoms with Gasteiger partial charge < -0.3 is 23.7 Å². The lowest BCUT2D eigenvalue weighted by molar-refractivity contribution is -0.113. The molecule has 0 aliphatic heterocycles. The van der Waals surface area contributed by atoms with E-state index in [1.807, 2.05) is 6.26 Å². The zero-order valence-electron chi connectivity index (χ0n) is 11.7. The standard InChI is InChI=1S/C13H24O5S/c1-15-3-4-16-9-18-13-5-11(7-14)12(6-13)8-17-10-19-2/h7,11-13H,3-6,8-10H2,1-2H3/t11-,12-,13-/m0/s1. The molecule has 5 nitrogen and oxygen atoms in total. The summed E-state index contributed by atoms with van der Waals surface area (Å²) in [5.41, 5.74) is 0. The quantitative estimate of drug-likeness (QED) is 0.327. The number of aldehydes is 1. The van der Waals surface area contributed by atoms with Gasteiger partial charge in [0.15, 0.2) is 0 Å². The van der Waals surface area contributed by atoms with Gasteiger partial charge in [0.05, 0.1) is 31.9 Å². The first-order valence-corrected chi connectivity index (χ1v) is 7.91. The fourth-order valence-electron chi connectivity index (χ4n) is 2.23. The molecule has 0 radical (unpaired) electrons. The molecule has 6 heteroatoms. The molecule has 1 rings (SSSR count). The fraction of sp³-hybridized carbons (Fsp3) is 0.923. The second-order valence-corrected chi connectivity index (χ2v) is 5.43. The number of thioether (sulfide) groups is 1. The lowest BCUT2D eigenvalue weighted by Crippen LogP contribution is -2.15. The van der Waals surface area contributed by atoms with E-state index in [0.717, 1.165) is 19.1 Å². The molecule has 1 fully saturated rings. The second-order valence-electron chi connectivity index (χ2n) is 4.62. The molecule has 0 amide bonds. The van der Waals surface area contributed by atoms with Crippen molar-refractivity contribution in [2.45, 2.75) is 18.9 Å². The SMILES string of the molecule is COCCOCO[C@@H]1C[C@@H](COCSC)[C@H](C=O)C1. The first-order chi connectivity index (χ1) is 9.31. The van der Waals surface area contributed by atoms with Gasteiger partial charge in [0, 0.05) is 13.0 Å². The summed E-state index contributed by atoms with van der Waals surface area (Å²) in [6.07, 6.45) is 4.76. The molecule has 0 unspecified atom stereocenters. The Morgan fingerprint density at radius 3 is 2.79 bits per heavy atom. The fourth-order valence-corrected chi connectivity index (χ4v) is 2.49. The number of rotatable bonds is 11. The molecule has 0 bridgehead atoms. The van der Waals surface area contributed by atoms with E-state index in [1.165, 1.54) is 0 Å². The molecule has 112 valence electrons. The van der Waals surface area contributed by atoms with Crippen LogP contribution < -0.4 is 0 Å². The summed E-state index contributed by atoms with van der Waals surface area (Å²) in [5, 5.41) is 0. The highest BCUT2D eigenvalue weighted by molar-refractivity contribution is 7.98. The average Bonchev–Trinajstić information content (AvgIpc) is 2.81. The maximum atomic E-state index is 11.0. The maximum absolute atomic E-state index is 11.0.